The van der Waals surface area contributed by atoms with Crippen molar-refractivity contribution in [1.82, 2.24) is 14.3 Å². The lowest BCUT2D eigenvalue weighted by Gasteiger charge is -2.19. The van der Waals surface area contributed by atoms with Gasteiger partial charge in [0.1, 0.15) is 0 Å². The third-order valence-electron chi connectivity index (χ3n) is 3.25. The van der Waals surface area contributed by atoms with Crippen molar-refractivity contribution in [3.8, 4) is 0 Å². The van der Waals surface area contributed by atoms with Gasteiger partial charge in [-0.2, -0.15) is 12.7 Å². The maximum absolute atomic E-state index is 12.1. The Hall–Kier alpha value is -0.950. The van der Waals surface area contributed by atoms with Crippen molar-refractivity contribution in [2.45, 2.75) is 19.3 Å². The van der Waals surface area contributed by atoms with Crippen LogP contribution >= 0.6 is 0 Å². The number of hydrogen-bond donors (Lipinski definition) is 2. The average molecular weight is 299 g/mol. The van der Waals surface area contributed by atoms with Gasteiger partial charge in [-0.1, -0.05) is 37.3 Å². The molecule has 0 amide bonds. The number of hydrogen-bond acceptors (Lipinski definition) is 3. The van der Waals surface area contributed by atoms with E-state index in [1.54, 1.807) is 7.05 Å². The fourth-order valence-electron chi connectivity index (χ4n) is 1.84. The molecule has 1 unspecified atom stereocenters. The van der Waals surface area contributed by atoms with Gasteiger partial charge >= 0.3 is 0 Å². The van der Waals surface area contributed by atoms with Crippen molar-refractivity contribution in [2.75, 3.05) is 33.7 Å². The smallest absolute Gasteiger partial charge is 0.279 e. The standard InChI is InChI=1S/C14H25N3O2S/c1-13(14-8-5-4-6-9-14)12-16-20(18,19)17(3)11-7-10-15-2/h4-6,8-9,13,15-16H,7,10-12H2,1-3H3. The Morgan fingerprint density at radius 2 is 1.90 bits per heavy atom. The van der Waals surface area contributed by atoms with Crippen molar-refractivity contribution in [1.29, 1.82) is 0 Å². The maximum Gasteiger partial charge on any atom is 0.279 e. The van der Waals surface area contributed by atoms with Crippen LogP contribution in [0.5, 0.6) is 0 Å². The van der Waals surface area contributed by atoms with E-state index < -0.39 is 10.2 Å². The molecular weight excluding hydrogens is 274 g/mol. The topological polar surface area (TPSA) is 61.4 Å². The summed E-state index contributed by atoms with van der Waals surface area (Å²) in [5.74, 6) is 0.150. The first-order valence-corrected chi connectivity index (χ1v) is 8.32. The lowest BCUT2D eigenvalue weighted by Crippen LogP contribution is -2.40. The quantitative estimate of drug-likeness (QED) is 0.673. The summed E-state index contributed by atoms with van der Waals surface area (Å²) < 4.78 is 28.1. The Morgan fingerprint density at radius 3 is 2.50 bits per heavy atom. The molecule has 1 aromatic carbocycles. The summed E-state index contributed by atoms with van der Waals surface area (Å²) in [6, 6.07) is 9.90. The van der Waals surface area contributed by atoms with Gasteiger partial charge in [-0.3, -0.25) is 0 Å². The van der Waals surface area contributed by atoms with E-state index in [1.807, 2.05) is 44.3 Å². The minimum absolute atomic E-state index is 0.150. The minimum atomic E-state index is -3.39. The van der Waals surface area contributed by atoms with E-state index in [0.29, 0.717) is 13.1 Å². The van der Waals surface area contributed by atoms with E-state index in [2.05, 4.69) is 10.0 Å². The highest BCUT2D eigenvalue weighted by Crippen LogP contribution is 2.13. The second-order valence-electron chi connectivity index (χ2n) is 4.94. The fourth-order valence-corrected chi connectivity index (χ4v) is 2.89. The van der Waals surface area contributed by atoms with Crippen LogP contribution in [0, 0.1) is 0 Å². The largest absolute Gasteiger partial charge is 0.320 e. The maximum atomic E-state index is 12.1. The molecule has 0 aliphatic carbocycles. The first kappa shape index (κ1) is 17.1. The van der Waals surface area contributed by atoms with E-state index in [4.69, 9.17) is 0 Å². The SMILES string of the molecule is CNCCCN(C)S(=O)(=O)NCC(C)c1ccccc1. The van der Waals surface area contributed by atoms with Gasteiger partial charge in [-0.25, -0.2) is 4.72 Å². The van der Waals surface area contributed by atoms with E-state index in [0.717, 1.165) is 18.5 Å². The van der Waals surface area contributed by atoms with E-state index in [1.165, 1.54) is 4.31 Å². The number of nitrogens with one attached hydrogen (secondary N) is 2. The van der Waals surface area contributed by atoms with E-state index in [-0.39, 0.29) is 5.92 Å². The highest BCUT2D eigenvalue weighted by Gasteiger charge is 2.18. The molecule has 0 heterocycles. The van der Waals surface area contributed by atoms with Gasteiger partial charge in [0.05, 0.1) is 0 Å². The Bertz CT molecular complexity index is 476. The molecule has 1 atom stereocenters. The summed E-state index contributed by atoms with van der Waals surface area (Å²) in [4.78, 5) is 0. The molecule has 0 aromatic heterocycles. The third-order valence-corrected chi connectivity index (χ3v) is 4.79. The van der Waals surface area contributed by atoms with Crippen LogP contribution in [0.4, 0.5) is 0 Å². The Balaban J connectivity index is 2.46. The summed E-state index contributed by atoms with van der Waals surface area (Å²) in [6.45, 7) is 3.73. The van der Waals surface area contributed by atoms with Crippen molar-refractivity contribution < 1.29 is 8.42 Å². The Kier molecular flexibility index (Phi) is 7.15. The van der Waals surface area contributed by atoms with Gasteiger partial charge < -0.3 is 5.32 Å². The second kappa shape index (κ2) is 8.36. The number of nitrogens with zero attached hydrogens (tertiary/aromatic N) is 1. The fraction of sp³-hybridized carbons (Fsp3) is 0.571. The van der Waals surface area contributed by atoms with Crippen LogP contribution in [-0.4, -0.2) is 46.5 Å². The number of benzene rings is 1. The van der Waals surface area contributed by atoms with E-state index >= 15 is 0 Å². The summed E-state index contributed by atoms with van der Waals surface area (Å²) in [7, 11) is 0.0696. The molecule has 0 aliphatic rings. The molecule has 0 fully saturated rings. The molecule has 6 heteroatoms. The summed E-state index contributed by atoms with van der Waals surface area (Å²) >= 11 is 0. The summed E-state index contributed by atoms with van der Waals surface area (Å²) in [5.41, 5.74) is 1.13. The molecule has 1 rings (SSSR count). The zero-order chi connectivity index (χ0) is 15.0. The molecule has 0 radical (unpaired) electrons. The zero-order valence-electron chi connectivity index (χ0n) is 12.5. The van der Waals surface area contributed by atoms with Crippen LogP contribution < -0.4 is 10.0 Å². The van der Waals surface area contributed by atoms with Crippen molar-refractivity contribution in [2.24, 2.45) is 0 Å². The third kappa shape index (κ3) is 5.58. The van der Waals surface area contributed by atoms with Gasteiger partial charge in [-0.15, -0.1) is 0 Å². The van der Waals surface area contributed by atoms with Crippen LogP contribution in [0.15, 0.2) is 30.3 Å². The van der Waals surface area contributed by atoms with Gasteiger partial charge in [0, 0.05) is 20.1 Å². The molecule has 2 N–H and O–H groups in total. The molecule has 0 saturated heterocycles. The first-order valence-electron chi connectivity index (χ1n) is 6.88. The second-order valence-corrected chi connectivity index (χ2v) is 6.81. The van der Waals surface area contributed by atoms with Crippen LogP contribution in [0.2, 0.25) is 0 Å². The van der Waals surface area contributed by atoms with Gasteiger partial charge in [0.15, 0.2) is 0 Å². The van der Waals surface area contributed by atoms with Crippen LogP contribution in [0.1, 0.15) is 24.8 Å². The lowest BCUT2D eigenvalue weighted by atomic mass is 10.0. The monoisotopic (exact) mass is 299 g/mol. The average Bonchev–Trinajstić information content (AvgIpc) is 2.46. The van der Waals surface area contributed by atoms with Gasteiger partial charge in [0.2, 0.25) is 0 Å². The van der Waals surface area contributed by atoms with Crippen LogP contribution in [0.3, 0.4) is 0 Å². The predicted molar refractivity (Wildman–Crippen MR) is 83.0 cm³/mol. The highest BCUT2D eigenvalue weighted by molar-refractivity contribution is 7.87. The van der Waals surface area contributed by atoms with Crippen LogP contribution in [-0.2, 0) is 10.2 Å². The first-order chi connectivity index (χ1) is 9.47. The molecule has 114 valence electrons. The Labute approximate surface area is 122 Å². The molecule has 1 aromatic rings. The van der Waals surface area contributed by atoms with Crippen molar-refractivity contribution in [3.05, 3.63) is 35.9 Å². The molecule has 0 bridgehead atoms. The van der Waals surface area contributed by atoms with Gasteiger partial charge in [0.25, 0.3) is 10.2 Å². The molecule has 20 heavy (non-hydrogen) atoms. The predicted octanol–water partition coefficient (Wildman–Crippen LogP) is 1.17. The van der Waals surface area contributed by atoms with E-state index in [9.17, 15) is 8.42 Å². The molecule has 0 aliphatic heterocycles. The molecule has 0 spiro atoms. The molecule has 5 nitrogen and oxygen atoms in total. The molecular formula is C14H25N3O2S. The normalized spacial score (nSPS) is 13.6. The van der Waals surface area contributed by atoms with Crippen LogP contribution in [0.25, 0.3) is 0 Å². The number of rotatable bonds is 9. The lowest BCUT2D eigenvalue weighted by molar-refractivity contribution is 0.446. The zero-order valence-corrected chi connectivity index (χ0v) is 13.3. The molecule has 0 saturated carbocycles. The van der Waals surface area contributed by atoms with Crippen molar-refractivity contribution in [3.63, 3.8) is 0 Å². The minimum Gasteiger partial charge on any atom is -0.320 e. The Morgan fingerprint density at radius 1 is 1.25 bits per heavy atom. The highest BCUT2D eigenvalue weighted by atomic mass is 32.2. The summed E-state index contributed by atoms with van der Waals surface area (Å²) in [6.07, 6.45) is 0.794. The van der Waals surface area contributed by atoms with Gasteiger partial charge in [-0.05, 0) is 31.5 Å². The summed E-state index contributed by atoms with van der Waals surface area (Å²) in [5, 5.41) is 3.00. The van der Waals surface area contributed by atoms with Crippen molar-refractivity contribution >= 4 is 10.2 Å².